The molecule has 1 N–H and O–H groups in total. The minimum atomic E-state index is 1.02. The summed E-state index contributed by atoms with van der Waals surface area (Å²) in [5.74, 6) is 0. The molecule has 22 heavy (non-hydrogen) atoms. The van der Waals surface area contributed by atoms with Crippen molar-refractivity contribution in [3.05, 3.63) is 60.7 Å². The molecule has 0 aliphatic carbocycles. The first kappa shape index (κ1) is 13.7. The van der Waals surface area contributed by atoms with Crippen LogP contribution in [0.15, 0.2) is 65.6 Å². The fourth-order valence-electron chi connectivity index (χ4n) is 2.92. The fraction of sp³-hybridized carbons (Fsp3) is 0.0526. The number of rotatable bonds is 2. The van der Waals surface area contributed by atoms with Crippen LogP contribution in [0.1, 0.15) is 0 Å². The predicted molar refractivity (Wildman–Crippen MR) is 102 cm³/mol. The van der Waals surface area contributed by atoms with Crippen LogP contribution in [0.25, 0.3) is 31.3 Å². The van der Waals surface area contributed by atoms with Gasteiger partial charge in [-0.25, -0.2) is 0 Å². The average Bonchev–Trinajstić information content (AvgIpc) is 2.95. The maximum Gasteiger partial charge on any atom is 0.0480 e. The summed E-state index contributed by atoms with van der Waals surface area (Å²) in [6.07, 6.45) is 0. The third-order valence-corrected chi connectivity index (χ3v) is 5.66. The van der Waals surface area contributed by atoms with E-state index < -0.39 is 0 Å². The molecule has 0 radical (unpaired) electrons. The summed E-state index contributed by atoms with van der Waals surface area (Å²) in [4.78, 5) is 1.02. The van der Waals surface area contributed by atoms with Gasteiger partial charge < -0.3 is 5.32 Å². The molecular weight excluding hydrogens is 306 g/mol. The molecule has 108 valence electrons. The van der Waals surface area contributed by atoms with Gasteiger partial charge in [-0.1, -0.05) is 48.5 Å². The van der Waals surface area contributed by atoms with Gasteiger partial charge >= 0.3 is 0 Å². The number of fused-ring (bicyclic) bond motifs is 3. The fourth-order valence-corrected chi connectivity index (χ4v) is 4.67. The number of thiol groups is 1. The lowest BCUT2D eigenvalue weighted by molar-refractivity contribution is 1.45. The molecule has 1 heterocycles. The van der Waals surface area contributed by atoms with E-state index in [9.17, 15) is 0 Å². The number of hydrogen-bond acceptors (Lipinski definition) is 3. The van der Waals surface area contributed by atoms with Gasteiger partial charge in [0.1, 0.15) is 0 Å². The second kappa shape index (κ2) is 5.34. The van der Waals surface area contributed by atoms with E-state index in [1.807, 2.05) is 18.4 Å². The van der Waals surface area contributed by atoms with E-state index in [1.165, 1.54) is 31.3 Å². The minimum absolute atomic E-state index is 1.02. The molecular formula is C19H15NS2. The molecule has 4 rings (SSSR count). The molecule has 0 atom stereocenters. The summed E-state index contributed by atoms with van der Waals surface area (Å²) < 4.78 is 2.61. The van der Waals surface area contributed by atoms with E-state index in [2.05, 4.69) is 66.0 Å². The quantitative estimate of drug-likeness (QED) is 0.428. The molecule has 3 heteroatoms. The van der Waals surface area contributed by atoms with E-state index in [1.54, 1.807) is 0 Å². The van der Waals surface area contributed by atoms with E-state index >= 15 is 0 Å². The Morgan fingerprint density at radius 3 is 2.50 bits per heavy atom. The Labute approximate surface area is 139 Å². The molecule has 0 saturated heterocycles. The van der Waals surface area contributed by atoms with Gasteiger partial charge in [-0.15, -0.1) is 24.0 Å². The van der Waals surface area contributed by atoms with Gasteiger partial charge in [-0.3, -0.25) is 0 Å². The van der Waals surface area contributed by atoms with Gasteiger partial charge in [-0.2, -0.15) is 0 Å². The van der Waals surface area contributed by atoms with E-state index in [0.29, 0.717) is 0 Å². The van der Waals surface area contributed by atoms with Gasteiger partial charge in [0.15, 0.2) is 0 Å². The van der Waals surface area contributed by atoms with Crippen LogP contribution in [0.2, 0.25) is 0 Å². The second-order valence-electron chi connectivity index (χ2n) is 5.24. The number of thiophene rings is 1. The van der Waals surface area contributed by atoms with Gasteiger partial charge in [0.25, 0.3) is 0 Å². The summed E-state index contributed by atoms with van der Waals surface area (Å²) in [6.45, 7) is 0. The smallest absolute Gasteiger partial charge is 0.0480 e. The highest BCUT2D eigenvalue weighted by Gasteiger charge is 2.13. The maximum absolute atomic E-state index is 4.75. The van der Waals surface area contributed by atoms with Gasteiger partial charge in [-0.05, 0) is 23.3 Å². The van der Waals surface area contributed by atoms with Gasteiger partial charge in [0.05, 0.1) is 0 Å². The largest absolute Gasteiger partial charge is 0.387 e. The lowest BCUT2D eigenvalue weighted by Crippen LogP contribution is -1.88. The van der Waals surface area contributed by atoms with Crippen molar-refractivity contribution < 1.29 is 0 Å². The molecule has 0 fully saturated rings. The van der Waals surface area contributed by atoms with Gasteiger partial charge in [0, 0.05) is 37.8 Å². The van der Waals surface area contributed by atoms with E-state index in [0.717, 1.165) is 10.6 Å². The predicted octanol–water partition coefficient (Wildman–Crippen LogP) is 6.05. The average molecular weight is 321 g/mol. The van der Waals surface area contributed by atoms with Crippen molar-refractivity contribution in [1.82, 2.24) is 0 Å². The molecule has 4 aromatic rings. The highest BCUT2D eigenvalue weighted by Crippen LogP contribution is 2.43. The Morgan fingerprint density at radius 2 is 1.73 bits per heavy atom. The van der Waals surface area contributed by atoms with Crippen LogP contribution in [-0.2, 0) is 0 Å². The normalized spacial score (nSPS) is 11.2. The van der Waals surface area contributed by atoms with Crippen LogP contribution >= 0.6 is 24.0 Å². The molecule has 0 aliphatic heterocycles. The zero-order valence-corrected chi connectivity index (χ0v) is 13.8. The summed E-state index contributed by atoms with van der Waals surface area (Å²) in [5, 5.41) is 5.74. The Morgan fingerprint density at radius 1 is 0.909 bits per heavy atom. The molecule has 0 unspecified atom stereocenters. The summed E-state index contributed by atoms with van der Waals surface area (Å²) in [7, 11) is 1.94. The first-order valence-corrected chi connectivity index (χ1v) is 8.46. The number of anilines is 1. The zero-order valence-electron chi connectivity index (χ0n) is 12.1. The van der Waals surface area contributed by atoms with Crippen molar-refractivity contribution in [2.75, 3.05) is 12.4 Å². The first-order chi connectivity index (χ1) is 10.8. The highest BCUT2D eigenvalue weighted by molar-refractivity contribution is 7.80. The molecule has 0 bridgehead atoms. The van der Waals surface area contributed by atoms with Crippen LogP contribution < -0.4 is 5.32 Å². The molecule has 0 spiro atoms. The molecule has 0 saturated carbocycles. The SMILES string of the molecule is CNc1ccc2sc3c(-c4ccccc4)cccc3c2c1S. The Balaban J connectivity index is 2.11. The maximum atomic E-state index is 4.75. The molecule has 0 amide bonds. The Kier molecular flexibility index (Phi) is 3.32. The number of hydrogen-bond donors (Lipinski definition) is 2. The van der Waals surface area contributed by atoms with Gasteiger partial charge in [0.2, 0.25) is 0 Å². The van der Waals surface area contributed by atoms with Crippen LogP contribution in [0.5, 0.6) is 0 Å². The third-order valence-electron chi connectivity index (χ3n) is 3.99. The number of nitrogens with one attached hydrogen (secondary N) is 1. The van der Waals surface area contributed by atoms with Crippen molar-refractivity contribution in [2.24, 2.45) is 0 Å². The lowest BCUT2D eigenvalue weighted by Gasteiger charge is -2.06. The number of benzene rings is 3. The van der Waals surface area contributed by atoms with Crippen molar-refractivity contribution in [3.8, 4) is 11.1 Å². The molecule has 1 aromatic heterocycles. The second-order valence-corrected chi connectivity index (χ2v) is 6.73. The topological polar surface area (TPSA) is 12.0 Å². The van der Waals surface area contributed by atoms with Crippen molar-refractivity contribution in [3.63, 3.8) is 0 Å². The van der Waals surface area contributed by atoms with E-state index in [4.69, 9.17) is 12.6 Å². The minimum Gasteiger partial charge on any atom is -0.387 e. The molecule has 0 aliphatic rings. The third kappa shape index (κ3) is 2.01. The Hall–Kier alpha value is -1.97. The summed E-state index contributed by atoms with van der Waals surface area (Å²) in [5.41, 5.74) is 3.62. The van der Waals surface area contributed by atoms with Crippen LogP contribution in [-0.4, -0.2) is 7.05 Å². The summed E-state index contributed by atoms with van der Waals surface area (Å²) in [6, 6.07) is 21.4. The monoisotopic (exact) mass is 321 g/mol. The first-order valence-electron chi connectivity index (χ1n) is 7.20. The standard InChI is InChI=1S/C19H15NS2/c1-20-15-10-11-16-17(18(15)21)14-9-5-8-13(19(14)22-16)12-6-3-2-4-7-12/h2-11,20-21H,1H3. The van der Waals surface area contributed by atoms with Crippen LogP contribution in [0.3, 0.4) is 0 Å². The zero-order chi connectivity index (χ0) is 15.1. The molecule has 1 nitrogen and oxygen atoms in total. The highest BCUT2D eigenvalue weighted by atomic mass is 32.1. The Bertz CT molecular complexity index is 971. The van der Waals surface area contributed by atoms with Crippen molar-refractivity contribution >= 4 is 49.8 Å². The van der Waals surface area contributed by atoms with Crippen molar-refractivity contribution in [1.29, 1.82) is 0 Å². The summed E-state index contributed by atoms with van der Waals surface area (Å²) >= 11 is 6.59. The van der Waals surface area contributed by atoms with Crippen molar-refractivity contribution in [2.45, 2.75) is 4.90 Å². The van der Waals surface area contributed by atoms with E-state index in [-0.39, 0.29) is 0 Å². The molecule has 3 aromatic carbocycles. The lowest BCUT2D eigenvalue weighted by atomic mass is 10.0. The van der Waals surface area contributed by atoms with Crippen LogP contribution in [0.4, 0.5) is 5.69 Å². The van der Waals surface area contributed by atoms with Crippen LogP contribution in [0, 0.1) is 0 Å².